The molecule has 2 aliphatic heterocycles. The summed E-state index contributed by atoms with van der Waals surface area (Å²) in [4.78, 5) is 26.4. The van der Waals surface area contributed by atoms with E-state index in [4.69, 9.17) is 4.74 Å². The van der Waals surface area contributed by atoms with E-state index in [0.717, 1.165) is 25.7 Å². The van der Waals surface area contributed by atoms with Crippen LogP contribution in [-0.4, -0.2) is 56.8 Å². The van der Waals surface area contributed by atoms with Crippen molar-refractivity contribution >= 4 is 27.7 Å². The molecule has 1 aromatic rings. The zero-order valence-corrected chi connectivity index (χ0v) is 17.0. The fraction of sp³-hybridized carbons (Fsp3) is 0.550. The third kappa shape index (κ3) is 4.29. The minimum Gasteiger partial charge on any atom is -0.455 e. The van der Waals surface area contributed by atoms with Crippen molar-refractivity contribution in [3.05, 3.63) is 29.8 Å². The number of fused-ring (bicyclic) bond motifs is 1. The summed E-state index contributed by atoms with van der Waals surface area (Å²) in [5, 5.41) is 2.90. The molecule has 29 heavy (non-hydrogen) atoms. The number of esters is 1. The molecule has 2 heterocycles. The average molecular weight is 420 g/mol. The Hall–Kier alpha value is -2.42. The maximum atomic E-state index is 12.3. The van der Waals surface area contributed by atoms with Crippen LogP contribution in [0.25, 0.3) is 0 Å². The number of benzene rings is 1. The van der Waals surface area contributed by atoms with Crippen molar-refractivity contribution in [1.29, 1.82) is 0 Å². The van der Waals surface area contributed by atoms with Gasteiger partial charge in [-0.25, -0.2) is 0 Å². The number of sulfonamides is 1. The molecule has 1 N–H and O–H groups in total. The fourth-order valence-corrected chi connectivity index (χ4v) is 5.47. The van der Waals surface area contributed by atoms with Crippen molar-refractivity contribution in [2.24, 2.45) is 10.3 Å². The number of amides is 1. The number of carbonyl (C=O) groups is 2. The summed E-state index contributed by atoms with van der Waals surface area (Å²) >= 11 is 0. The van der Waals surface area contributed by atoms with Gasteiger partial charge in [-0.1, -0.05) is 25.0 Å². The van der Waals surface area contributed by atoms with Gasteiger partial charge in [0.1, 0.15) is 4.90 Å². The molecular formula is C20H25N3O5S. The number of nitrogens with one attached hydrogen (secondary N) is 1. The van der Waals surface area contributed by atoms with Crippen molar-refractivity contribution < 1.29 is 22.7 Å². The van der Waals surface area contributed by atoms with Crippen LogP contribution in [0.4, 0.5) is 0 Å². The van der Waals surface area contributed by atoms with Crippen LogP contribution in [0.3, 0.4) is 0 Å². The SMILES string of the molecule is O=C(COC(=O)C1CCN(C2=NS(=O)(=O)c3ccccc32)CC1)NC1CCCC1. The summed E-state index contributed by atoms with van der Waals surface area (Å²) in [7, 11) is -3.65. The van der Waals surface area contributed by atoms with E-state index in [9.17, 15) is 18.0 Å². The van der Waals surface area contributed by atoms with Gasteiger partial charge in [-0.05, 0) is 37.8 Å². The Labute approximate surface area is 170 Å². The molecule has 1 aromatic carbocycles. The predicted octanol–water partition coefficient (Wildman–Crippen LogP) is 1.45. The van der Waals surface area contributed by atoms with E-state index >= 15 is 0 Å². The lowest BCUT2D eigenvalue weighted by Gasteiger charge is -2.32. The number of hydrogen-bond donors (Lipinski definition) is 1. The van der Waals surface area contributed by atoms with E-state index in [-0.39, 0.29) is 35.3 Å². The molecule has 0 spiro atoms. The third-order valence-electron chi connectivity index (χ3n) is 5.81. The van der Waals surface area contributed by atoms with Crippen molar-refractivity contribution in [3.8, 4) is 0 Å². The molecule has 0 radical (unpaired) electrons. The zero-order valence-electron chi connectivity index (χ0n) is 16.2. The second-order valence-corrected chi connectivity index (χ2v) is 9.38. The number of likely N-dealkylation sites (tertiary alicyclic amines) is 1. The van der Waals surface area contributed by atoms with Gasteiger partial charge in [-0.2, -0.15) is 8.42 Å². The Bertz CT molecular complexity index is 929. The number of rotatable bonds is 4. The molecule has 9 heteroatoms. The normalized spacial score (nSPS) is 21.5. The second kappa shape index (κ2) is 8.14. The van der Waals surface area contributed by atoms with Crippen LogP contribution in [0.5, 0.6) is 0 Å². The molecule has 0 bridgehead atoms. The highest BCUT2D eigenvalue weighted by Gasteiger charge is 2.35. The van der Waals surface area contributed by atoms with E-state index in [1.54, 1.807) is 24.3 Å². The molecule has 156 valence electrons. The lowest BCUT2D eigenvalue weighted by atomic mass is 9.96. The Morgan fingerprint density at radius 1 is 1.10 bits per heavy atom. The molecule has 4 rings (SSSR count). The number of piperidine rings is 1. The zero-order chi connectivity index (χ0) is 20.4. The van der Waals surface area contributed by atoms with E-state index in [0.29, 0.717) is 37.3 Å². The summed E-state index contributed by atoms with van der Waals surface area (Å²) in [6.45, 7) is 0.779. The van der Waals surface area contributed by atoms with Crippen LogP contribution >= 0.6 is 0 Å². The average Bonchev–Trinajstić information content (AvgIpc) is 3.32. The highest BCUT2D eigenvalue weighted by molar-refractivity contribution is 7.90. The first kappa shape index (κ1) is 19.9. The van der Waals surface area contributed by atoms with Gasteiger partial charge >= 0.3 is 5.97 Å². The predicted molar refractivity (Wildman–Crippen MR) is 106 cm³/mol. The largest absolute Gasteiger partial charge is 0.455 e. The van der Waals surface area contributed by atoms with Gasteiger partial charge in [0, 0.05) is 24.7 Å². The standard InChI is InChI=1S/C20H25N3O5S/c24-18(21-15-5-1-2-6-15)13-28-20(25)14-9-11-23(12-10-14)19-16-7-3-4-8-17(16)29(26,27)22-19/h3-4,7-8,14-15H,1-2,5-6,9-13H2,(H,21,24). The van der Waals surface area contributed by atoms with Crippen LogP contribution < -0.4 is 5.32 Å². The number of amidine groups is 1. The van der Waals surface area contributed by atoms with E-state index in [1.807, 2.05) is 4.90 Å². The summed E-state index contributed by atoms with van der Waals surface area (Å²) in [6.07, 6.45) is 5.29. The molecule has 0 aromatic heterocycles. The minimum atomic E-state index is -3.65. The number of hydrogen-bond acceptors (Lipinski definition) is 6. The molecule has 1 aliphatic carbocycles. The van der Waals surface area contributed by atoms with Gasteiger partial charge in [0.25, 0.3) is 15.9 Å². The van der Waals surface area contributed by atoms with E-state index in [1.165, 1.54) is 0 Å². The highest BCUT2D eigenvalue weighted by Crippen LogP contribution is 2.29. The van der Waals surface area contributed by atoms with Crippen LogP contribution in [0.15, 0.2) is 33.6 Å². The van der Waals surface area contributed by atoms with Crippen LogP contribution in [0, 0.1) is 5.92 Å². The van der Waals surface area contributed by atoms with Gasteiger partial charge in [-0.15, -0.1) is 4.40 Å². The van der Waals surface area contributed by atoms with Gasteiger partial charge in [0.15, 0.2) is 12.4 Å². The molecule has 1 saturated heterocycles. The van der Waals surface area contributed by atoms with Gasteiger partial charge in [0.2, 0.25) is 0 Å². The highest BCUT2D eigenvalue weighted by atomic mass is 32.2. The molecule has 8 nitrogen and oxygen atoms in total. The van der Waals surface area contributed by atoms with Gasteiger partial charge in [0.05, 0.1) is 5.92 Å². The molecule has 1 amide bonds. The second-order valence-electron chi connectivity index (χ2n) is 7.80. The molecule has 1 saturated carbocycles. The van der Waals surface area contributed by atoms with Gasteiger partial charge < -0.3 is 15.0 Å². The van der Waals surface area contributed by atoms with Crippen LogP contribution in [0.1, 0.15) is 44.1 Å². The first-order valence-electron chi connectivity index (χ1n) is 10.1. The molecule has 0 unspecified atom stereocenters. The number of ether oxygens (including phenoxy) is 1. The fourth-order valence-electron chi connectivity index (χ4n) is 4.24. The number of carbonyl (C=O) groups excluding carboxylic acids is 2. The number of nitrogens with zero attached hydrogens (tertiary/aromatic N) is 2. The van der Waals surface area contributed by atoms with E-state index < -0.39 is 10.0 Å². The minimum absolute atomic E-state index is 0.204. The lowest BCUT2D eigenvalue weighted by molar-refractivity contribution is -0.153. The molecule has 2 fully saturated rings. The molecular weight excluding hydrogens is 394 g/mol. The maximum Gasteiger partial charge on any atom is 0.309 e. The molecule has 3 aliphatic rings. The van der Waals surface area contributed by atoms with Crippen molar-refractivity contribution in [3.63, 3.8) is 0 Å². The van der Waals surface area contributed by atoms with Crippen molar-refractivity contribution in [2.75, 3.05) is 19.7 Å². The summed E-state index contributed by atoms with van der Waals surface area (Å²) in [6, 6.07) is 6.98. The summed E-state index contributed by atoms with van der Waals surface area (Å²) in [5.74, 6) is -0.458. The smallest absolute Gasteiger partial charge is 0.309 e. The Morgan fingerprint density at radius 3 is 2.52 bits per heavy atom. The quantitative estimate of drug-likeness (QED) is 0.741. The summed E-state index contributed by atoms with van der Waals surface area (Å²) < 4.78 is 33.6. The van der Waals surface area contributed by atoms with Crippen molar-refractivity contribution in [2.45, 2.75) is 49.5 Å². The first-order chi connectivity index (χ1) is 13.9. The Morgan fingerprint density at radius 2 is 1.79 bits per heavy atom. The van der Waals surface area contributed by atoms with Crippen LogP contribution in [0.2, 0.25) is 0 Å². The monoisotopic (exact) mass is 419 g/mol. The van der Waals surface area contributed by atoms with Crippen molar-refractivity contribution in [1.82, 2.24) is 10.2 Å². The van der Waals surface area contributed by atoms with Crippen LogP contribution in [-0.2, 0) is 24.3 Å². The Kier molecular flexibility index (Phi) is 5.58. The summed E-state index contributed by atoms with van der Waals surface area (Å²) in [5.41, 5.74) is 0.608. The molecule has 0 atom stereocenters. The topological polar surface area (TPSA) is 105 Å². The maximum absolute atomic E-state index is 12.3. The van der Waals surface area contributed by atoms with Gasteiger partial charge in [-0.3, -0.25) is 9.59 Å². The third-order valence-corrected chi connectivity index (χ3v) is 7.13. The van der Waals surface area contributed by atoms with E-state index in [2.05, 4.69) is 9.71 Å². The Balaban J connectivity index is 1.28. The first-order valence-corrected chi connectivity index (χ1v) is 11.5. The lowest BCUT2D eigenvalue weighted by Crippen LogP contribution is -2.41.